The predicted molar refractivity (Wildman–Crippen MR) is 85.3 cm³/mol. The lowest BCUT2D eigenvalue weighted by Gasteiger charge is -2.16. The highest BCUT2D eigenvalue weighted by atomic mass is 32.1. The summed E-state index contributed by atoms with van der Waals surface area (Å²) in [5.74, 6) is 1.00. The Bertz CT molecular complexity index is 652. The first-order valence-electron chi connectivity index (χ1n) is 7.15. The number of rotatable bonds is 5. The fourth-order valence-corrected chi connectivity index (χ4v) is 3.13. The number of nitrogens with one attached hydrogen (secondary N) is 2. The molecule has 1 fully saturated rings. The molecule has 1 atom stereocenters. The van der Waals surface area contributed by atoms with Gasteiger partial charge in [-0.3, -0.25) is 0 Å². The summed E-state index contributed by atoms with van der Waals surface area (Å²) >= 11 is 1.63. The van der Waals surface area contributed by atoms with E-state index in [9.17, 15) is 4.79 Å². The number of methoxy groups -OCH3 is 1. The van der Waals surface area contributed by atoms with Crippen molar-refractivity contribution in [1.82, 2.24) is 15.3 Å². The lowest BCUT2D eigenvalue weighted by atomic mass is 10.2. The average molecular weight is 318 g/mol. The van der Waals surface area contributed by atoms with Gasteiger partial charge in [0.25, 0.3) is 0 Å². The maximum atomic E-state index is 12.2. The number of aromatic nitrogens is 2. The number of hydrogen-bond donors (Lipinski definition) is 2. The van der Waals surface area contributed by atoms with Crippen molar-refractivity contribution in [3.63, 3.8) is 0 Å². The molecular weight excluding hydrogens is 300 g/mol. The van der Waals surface area contributed by atoms with Crippen LogP contribution in [-0.2, 0) is 0 Å². The second-order valence-corrected chi connectivity index (χ2v) is 6.58. The van der Waals surface area contributed by atoms with Gasteiger partial charge in [0.1, 0.15) is 5.01 Å². The van der Waals surface area contributed by atoms with E-state index < -0.39 is 0 Å². The van der Waals surface area contributed by atoms with Crippen LogP contribution in [0, 0.1) is 12.8 Å². The van der Waals surface area contributed by atoms with E-state index >= 15 is 0 Å². The van der Waals surface area contributed by atoms with Gasteiger partial charge in [0.2, 0.25) is 5.88 Å². The molecule has 0 bridgehead atoms. The van der Waals surface area contributed by atoms with Crippen molar-refractivity contribution < 1.29 is 9.53 Å². The van der Waals surface area contributed by atoms with Gasteiger partial charge in [0.05, 0.1) is 25.0 Å². The smallest absolute Gasteiger partial charge is 0.319 e. The Morgan fingerprint density at radius 2 is 2.18 bits per heavy atom. The summed E-state index contributed by atoms with van der Waals surface area (Å²) in [7, 11) is 1.55. The van der Waals surface area contributed by atoms with Gasteiger partial charge < -0.3 is 15.4 Å². The van der Waals surface area contributed by atoms with Crippen LogP contribution in [0.15, 0.2) is 24.5 Å². The molecule has 0 spiro atoms. The number of aryl methyl sites for hydroxylation is 1. The third-order valence-electron chi connectivity index (χ3n) is 3.49. The molecule has 0 radical (unpaired) electrons. The zero-order valence-corrected chi connectivity index (χ0v) is 13.3. The maximum Gasteiger partial charge on any atom is 0.319 e. The van der Waals surface area contributed by atoms with Crippen LogP contribution >= 0.6 is 11.3 Å². The molecule has 2 heterocycles. The fraction of sp³-hybridized carbons (Fsp3) is 0.400. The summed E-state index contributed by atoms with van der Waals surface area (Å²) in [5.41, 5.74) is 0.628. The van der Waals surface area contributed by atoms with Crippen LogP contribution in [0.5, 0.6) is 5.88 Å². The summed E-state index contributed by atoms with van der Waals surface area (Å²) in [6.07, 6.45) is 5.68. The number of urea groups is 1. The van der Waals surface area contributed by atoms with Crippen molar-refractivity contribution in [2.75, 3.05) is 12.4 Å². The Hall–Kier alpha value is -2.15. The van der Waals surface area contributed by atoms with Crippen LogP contribution in [-0.4, -0.2) is 23.1 Å². The van der Waals surface area contributed by atoms with Gasteiger partial charge in [-0.15, -0.1) is 11.3 Å². The van der Waals surface area contributed by atoms with E-state index in [2.05, 4.69) is 20.6 Å². The topological polar surface area (TPSA) is 76.1 Å². The van der Waals surface area contributed by atoms with Crippen LogP contribution in [0.3, 0.4) is 0 Å². The first kappa shape index (κ1) is 14.8. The molecule has 2 N–H and O–H groups in total. The van der Waals surface area contributed by atoms with Crippen LogP contribution in [0.25, 0.3) is 0 Å². The van der Waals surface area contributed by atoms with Gasteiger partial charge in [-0.25, -0.2) is 14.8 Å². The summed E-state index contributed by atoms with van der Waals surface area (Å²) in [5, 5.41) is 6.79. The molecule has 2 amide bonds. The Kier molecular flexibility index (Phi) is 4.24. The number of carbonyl (C=O) groups excluding carboxylic acids is 1. The van der Waals surface area contributed by atoms with Crippen LogP contribution in [0.2, 0.25) is 0 Å². The molecule has 1 aliphatic rings. The average Bonchev–Trinajstić information content (AvgIpc) is 3.27. The summed E-state index contributed by atoms with van der Waals surface area (Å²) in [6.45, 7) is 2.02. The second-order valence-electron chi connectivity index (χ2n) is 5.31. The minimum Gasteiger partial charge on any atom is -0.481 e. The van der Waals surface area contributed by atoms with E-state index in [-0.39, 0.29) is 12.1 Å². The first-order chi connectivity index (χ1) is 10.7. The Morgan fingerprint density at radius 1 is 1.36 bits per heavy atom. The molecule has 22 heavy (non-hydrogen) atoms. The van der Waals surface area contributed by atoms with E-state index in [0.717, 1.165) is 22.7 Å². The molecule has 6 nitrogen and oxygen atoms in total. The Balaban J connectivity index is 1.63. The number of ether oxygens (including phenoxy) is 1. The van der Waals surface area contributed by atoms with Gasteiger partial charge in [0.15, 0.2) is 0 Å². The Labute approximate surface area is 132 Å². The van der Waals surface area contributed by atoms with Crippen LogP contribution < -0.4 is 15.4 Å². The van der Waals surface area contributed by atoms with E-state index in [1.165, 1.54) is 0 Å². The van der Waals surface area contributed by atoms with E-state index in [1.807, 2.05) is 13.1 Å². The lowest BCUT2D eigenvalue weighted by molar-refractivity contribution is 0.247. The fourth-order valence-electron chi connectivity index (χ4n) is 2.21. The maximum absolute atomic E-state index is 12.2. The monoisotopic (exact) mass is 318 g/mol. The number of amides is 2. The second kappa shape index (κ2) is 6.31. The third-order valence-corrected chi connectivity index (χ3v) is 4.48. The van der Waals surface area contributed by atoms with Gasteiger partial charge >= 0.3 is 6.03 Å². The van der Waals surface area contributed by atoms with Crippen molar-refractivity contribution >= 4 is 23.1 Å². The number of anilines is 1. The molecule has 116 valence electrons. The van der Waals surface area contributed by atoms with E-state index in [4.69, 9.17) is 4.74 Å². The standard InChI is InChI=1S/C15H18N4O2S/c1-9-7-17-14(22-9)13(10-3-4-10)19-15(20)18-11-5-6-12(21-2)16-8-11/h5-8,10,13H,3-4H2,1-2H3,(H2,18,19,20)/t13-/m1/s1. The molecule has 0 unspecified atom stereocenters. The van der Waals surface area contributed by atoms with Crippen molar-refractivity contribution in [3.8, 4) is 5.88 Å². The number of pyridine rings is 1. The quantitative estimate of drug-likeness (QED) is 0.888. The molecule has 0 aromatic carbocycles. The molecular formula is C15H18N4O2S. The summed E-state index contributed by atoms with van der Waals surface area (Å²) < 4.78 is 4.99. The van der Waals surface area contributed by atoms with E-state index in [0.29, 0.717) is 17.5 Å². The van der Waals surface area contributed by atoms with Crippen molar-refractivity contribution in [1.29, 1.82) is 0 Å². The zero-order chi connectivity index (χ0) is 15.5. The largest absolute Gasteiger partial charge is 0.481 e. The zero-order valence-electron chi connectivity index (χ0n) is 12.5. The first-order valence-corrected chi connectivity index (χ1v) is 7.97. The van der Waals surface area contributed by atoms with Crippen molar-refractivity contribution in [2.24, 2.45) is 5.92 Å². The molecule has 2 aromatic rings. The highest BCUT2D eigenvalue weighted by Crippen LogP contribution is 2.42. The summed E-state index contributed by atoms with van der Waals surface area (Å²) in [6, 6.07) is 3.21. The minimum atomic E-state index is -0.239. The van der Waals surface area contributed by atoms with Crippen LogP contribution in [0.4, 0.5) is 10.5 Å². The van der Waals surface area contributed by atoms with Gasteiger partial charge in [0, 0.05) is 17.1 Å². The molecule has 3 rings (SSSR count). The predicted octanol–water partition coefficient (Wildman–Crippen LogP) is 3.13. The normalized spacial score (nSPS) is 15.2. The third kappa shape index (κ3) is 3.54. The highest BCUT2D eigenvalue weighted by molar-refractivity contribution is 7.11. The Morgan fingerprint density at radius 3 is 2.73 bits per heavy atom. The number of carbonyl (C=O) groups is 1. The molecule has 7 heteroatoms. The van der Waals surface area contributed by atoms with Gasteiger partial charge in [-0.1, -0.05) is 0 Å². The molecule has 1 aliphatic carbocycles. The van der Waals surface area contributed by atoms with Gasteiger partial charge in [-0.2, -0.15) is 0 Å². The number of hydrogen-bond acceptors (Lipinski definition) is 5. The SMILES string of the molecule is COc1ccc(NC(=O)N[C@@H](c2ncc(C)s2)C2CC2)cn1. The molecule has 1 saturated carbocycles. The lowest BCUT2D eigenvalue weighted by Crippen LogP contribution is -2.33. The molecule has 0 aliphatic heterocycles. The van der Waals surface area contributed by atoms with Crippen molar-refractivity contribution in [3.05, 3.63) is 34.4 Å². The summed E-state index contributed by atoms with van der Waals surface area (Å²) in [4.78, 5) is 21.8. The van der Waals surface area contributed by atoms with E-state index in [1.54, 1.807) is 36.8 Å². The van der Waals surface area contributed by atoms with Crippen LogP contribution in [0.1, 0.15) is 28.8 Å². The minimum absolute atomic E-state index is 0.00934. The molecule has 2 aromatic heterocycles. The van der Waals surface area contributed by atoms with Gasteiger partial charge in [-0.05, 0) is 31.7 Å². The molecule has 0 saturated heterocycles. The number of nitrogens with zero attached hydrogens (tertiary/aromatic N) is 2. The number of thiazole rings is 1. The van der Waals surface area contributed by atoms with Crippen molar-refractivity contribution in [2.45, 2.75) is 25.8 Å². The highest BCUT2D eigenvalue weighted by Gasteiger charge is 2.35.